The Hall–Kier alpha value is -2.94. The zero-order valence-corrected chi connectivity index (χ0v) is 12.0. The number of para-hydroxylation sites is 1. The van der Waals surface area contributed by atoms with E-state index in [2.05, 4.69) is 4.98 Å². The Morgan fingerprint density at radius 2 is 1.64 bits per heavy atom. The third kappa shape index (κ3) is 1.69. The number of carbonyl (C=O) groups excluding carboxylic acids is 1. The summed E-state index contributed by atoms with van der Waals surface area (Å²) in [7, 11) is 0. The second kappa shape index (κ2) is 4.53. The average Bonchev–Trinajstić information content (AvgIpc) is 2.79. The summed E-state index contributed by atoms with van der Waals surface area (Å²) in [5.41, 5.74) is 3.37. The molecular formula is C19H12NO2-. The van der Waals surface area contributed by atoms with Crippen LogP contribution in [0.25, 0.3) is 22.2 Å². The zero-order chi connectivity index (χ0) is 15.3. The topological polar surface area (TPSA) is 53.0 Å². The molecule has 0 spiro atoms. The molecule has 4 rings (SSSR count). The molecule has 106 valence electrons. The molecule has 0 radical (unpaired) electrons. The number of fused-ring (bicyclic) bond motifs is 2. The summed E-state index contributed by atoms with van der Waals surface area (Å²) >= 11 is 0. The summed E-state index contributed by atoms with van der Waals surface area (Å²) in [5.74, 6) is -0.467. The van der Waals surface area contributed by atoms with Crippen molar-refractivity contribution in [1.82, 2.24) is 4.98 Å². The van der Waals surface area contributed by atoms with Crippen LogP contribution in [0.15, 0.2) is 54.6 Å². The van der Waals surface area contributed by atoms with E-state index in [1.807, 2.05) is 37.3 Å². The minimum Gasteiger partial charge on any atom is -0.871 e. The molecule has 0 saturated heterocycles. The van der Waals surface area contributed by atoms with Crippen LogP contribution in [0.3, 0.4) is 0 Å². The van der Waals surface area contributed by atoms with Crippen molar-refractivity contribution >= 4 is 28.0 Å². The van der Waals surface area contributed by atoms with E-state index in [-0.39, 0.29) is 17.1 Å². The largest absolute Gasteiger partial charge is 0.871 e. The van der Waals surface area contributed by atoms with E-state index in [4.69, 9.17) is 0 Å². The molecule has 3 nitrogen and oxygen atoms in total. The van der Waals surface area contributed by atoms with Gasteiger partial charge in [-0.05, 0) is 30.2 Å². The summed E-state index contributed by atoms with van der Waals surface area (Å²) < 4.78 is 0. The van der Waals surface area contributed by atoms with Gasteiger partial charge in [0.15, 0.2) is 5.78 Å². The number of ketones is 1. The Morgan fingerprint density at radius 1 is 0.955 bits per heavy atom. The van der Waals surface area contributed by atoms with Crippen LogP contribution in [0, 0.1) is 6.92 Å². The molecule has 0 amide bonds. The van der Waals surface area contributed by atoms with E-state index >= 15 is 0 Å². The van der Waals surface area contributed by atoms with Gasteiger partial charge < -0.3 is 5.11 Å². The first-order chi connectivity index (χ1) is 10.7. The Morgan fingerprint density at radius 3 is 2.41 bits per heavy atom. The second-order valence-corrected chi connectivity index (χ2v) is 5.42. The molecule has 0 fully saturated rings. The summed E-state index contributed by atoms with van der Waals surface area (Å²) in [5, 5.41) is 13.6. The Bertz CT molecular complexity index is 970. The van der Waals surface area contributed by atoms with Crippen molar-refractivity contribution < 1.29 is 9.90 Å². The van der Waals surface area contributed by atoms with Crippen LogP contribution in [0.2, 0.25) is 0 Å². The molecule has 1 aliphatic carbocycles. The number of hydrogen-bond acceptors (Lipinski definition) is 3. The molecule has 1 aliphatic rings. The van der Waals surface area contributed by atoms with Gasteiger partial charge in [0.25, 0.3) is 0 Å². The summed E-state index contributed by atoms with van der Waals surface area (Å²) in [4.78, 5) is 17.1. The van der Waals surface area contributed by atoms with E-state index in [1.165, 1.54) is 0 Å². The fraction of sp³-hybridized carbons (Fsp3) is 0.0526. The summed E-state index contributed by atoms with van der Waals surface area (Å²) in [6, 6.07) is 16.5. The SMILES string of the molecule is Cc1cc(C2=C([O-])c3ccccc3C2=O)nc2ccccc12. The average molecular weight is 286 g/mol. The Kier molecular flexibility index (Phi) is 2.63. The van der Waals surface area contributed by atoms with E-state index in [9.17, 15) is 9.90 Å². The number of Topliss-reactive ketones (excluding diaryl/α,β-unsaturated/α-hetero) is 1. The molecule has 3 aromatic rings. The summed E-state index contributed by atoms with van der Waals surface area (Å²) in [6.45, 7) is 1.96. The maximum atomic E-state index is 12.6. The molecule has 0 atom stereocenters. The van der Waals surface area contributed by atoms with Crippen molar-refractivity contribution in [1.29, 1.82) is 0 Å². The molecule has 3 heteroatoms. The number of nitrogens with zero attached hydrogens (tertiary/aromatic N) is 1. The molecule has 0 unspecified atom stereocenters. The van der Waals surface area contributed by atoms with Gasteiger partial charge >= 0.3 is 0 Å². The van der Waals surface area contributed by atoms with E-state index in [0.717, 1.165) is 16.5 Å². The highest BCUT2D eigenvalue weighted by molar-refractivity contribution is 6.38. The minimum atomic E-state index is -0.234. The predicted molar refractivity (Wildman–Crippen MR) is 84.1 cm³/mol. The molecule has 0 saturated carbocycles. The monoisotopic (exact) mass is 286 g/mol. The molecule has 0 bridgehead atoms. The van der Waals surface area contributed by atoms with E-state index in [0.29, 0.717) is 16.8 Å². The third-order valence-corrected chi connectivity index (χ3v) is 4.05. The van der Waals surface area contributed by atoms with Crippen molar-refractivity contribution in [3.63, 3.8) is 0 Å². The lowest BCUT2D eigenvalue weighted by Crippen LogP contribution is -2.05. The molecule has 0 N–H and O–H groups in total. The molecule has 2 aromatic carbocycles. The maximum absolute atomic E-state index is 12.6. The van der Waals surface area contributed by atoms with E-state index < -0.39 is 0 Å². The Labute approximate surface area is 127 Å². The number of rotatable bonds is 1. The molecular weight excluding hydrogens is 274 g/mol. The number of carbonyl (C=O) groups is 1. The third-order valence-electron chi connectivity index (χ3n) is 4.05. The van der Waals surface area contributed by atoms with Gasteiger partial charge in [-0.3, -0.25) is 4.79 Å². The highest BCUT2D eigenvalue weighted by Crippen LogP contribution is 2.35. The lowest BCUT2D eigenvalue weighted by Gasteiger charge is -2.12. The van der Waals surface area contributed by atoms with Gasteiger partial charge in [-0.2, -0.15) is 0 Å². The standard InChI is InChI=1S/C19H13NO2/c1-11-10-16(20-15-9-5-4-6-12(11)15)17-18(21)13-7-2-3-8-14(13)19(17)22/h2-10,21H,1H3/p-1. The fourth-order valence-corrected chi connectivity index (χ4v) is 2.96. The maximum Gasteiger partial charge on any atom is 0.195 e. The van der Waals surface area contributed by atoms with E-state index in [1.54, 1.807) is 24.3 Å². The minimum absolute atomic E-state index is 0.176. The lowest BCUT2D eigenvalue weighted by molar-refractivity contribution is -0.242. The first-order valence-electron chi connectivity index (χ1n) is 7.09. The van der Waals surface area contributed by atoms with Crippen LogP contribution < -0.4 is 5.11 Å². The van der Waals surface area contributed by atoms with Crippen molar-refractivity contribution in [3.05, 3.63) is 77.0 Å². The van der Waals surface area contributed by atoms with Crippen molar-refractivity contribution in [2.75, 3.05) is 0 Å². The highest BCUT2D eigenvalue weighted by atomic mass is 16.3. The number of aromatic nitrogens is 1. The predicted octanol–water partition coefficient (Wildman–Crippen LogP) is 2.97. The van der Waals surface area contributed by atoms with Crippen molar-refractivity contribution in [2.45, 2.75) is 6.92 Å². The van der Waals surface area contributed by atoms with Gasteiger partial charge in [0, 0.05) is 16.5 Å². The van der Waals surface area contributed by atoms with Gasteiger partial charge in [-0.25, -0.2) is 4.98 Å². The van der Waals surface area contributed by atoms with Gasteiger partial charge in [0.2, 0.25) is 0 Å². The quantitative estimate of drug-likeness (QED) is 0.691. The summed E-state index contributed by atoms with van der Waals surface area (Å²) in [6.07, 6.45) is 0. The van der Waals surface area contributed by atoms with Gasteiger partial charge in [-0.1, -0.05) is 48.2 Å². The van der Waals surface area contributed by atoms with Crippen molar-refractivity contribution in [2.24, 2.45) is 0 Å². The van der Waals surface area contributed by atoms with Crippen molar-refractivity contribution in [3.8, 4) is 0 Å². The van der Waals surface area contributed by atoms with Crippen LogP contribution >= 0.6 is 0 Å². The first kappa shape index (κ1) is 12.8. The van der Waals surface area contributed by atoms with Gasteiger partial charge in [-0.15, -0.1) is 0 Å². The molecule has 1 heterocycles. The van der Waals surface area contributed by atoms with Gasteiger partial charge in [0.1, 0.15) is 0 Å². The second-order valence-electron chi connectivity index (χ2n) is 5.42. The van der Waals surface area contributed by atoms with Crippen LogP contribution in [0.4, 0.5) is 0 Å². The first-order valence-corrected chi connectivity index (χ1v) is 7.09. The molecule has 1 aromatic heterocycles. The van der Waals surface area contributed by atoms with Gasteiger partial charge in [0.05, 0.1) is 11.2 Å². The highest BCUT2D eigenvalue weighted by Gasteiger charge is 2.26. The smallest absolute Gasteiger partial charge is 0.195 e. The number of allylic oxidation sites excluding steroid dienone is 1. The number of pyridine rings is 1. The van der Waals surface area contributed by atoms with Crippen LogP contribution in [-0.2, 0) is 0 Å². The molecule has 22 heavy (non-hydrogen) atoms. The van der Waals surface area contributed by atoms with Crippen LogP contribution in [0.5, 0.6) is 0 Å². The molecule has 0 aliphatic heterocycles. The number of benzene rings is 2. The number of aryl methyl sites for hydroxylation is 1. The van der Waals surface area contributed by atoms with Crippen LogP contribution in [-0.4, -0.2) is 10.8 Å². The fourth-order valence-electron chi connectivity index (χ4n) is 2.96. The normalized spacial score (nSPS) is 13.8. The lowest BCUT2D eigenvalue weighted by atomic mass is 10.0. The number of hydrogen-bond donors (Lipinski definition) is 0. The Balaban J connectivity index is 1.97. The zero-order valence-electron chi connectivity index (χ0n) is 12.0. The van der Waals surface area contributed by atoms with Crippen LogP contribution in [0.1, 0.15) is 27.2 Å².